The molecule has 0 unspecified atom stereocenters. The number of amides is 1. The highest BCUT2D eigenvalue weighted by molar-refractivity contribution is 7.22. The summed E-state index contributed by atoms with van der Waals surface area (Å²) in [7, 11) is 0. The lowest BCUT2D eigenvalue weighted by Crippen LogP contribution is -2.49. The largest absolute Gasteiger partial charge is 0.494 e. The molecule has 0 aliphatic carbocycles. The first-order valence-corrected chi connectivity index (χ1v) is 10.6. The topological polar surface area (TPSA) is 88.8 Å². The third kappa shape index (κ3) is 4.35. The molecule has 8 nitrogen and oxygen atoms in total. The normalized spacial score (nSPS) is 14.2. The van der Waals surface area contributed by atoms with E-state index < -0.39 is 4.92 Å². The SMILES string of the molecule is CCOc1ccc(CC(=O)N2CCN(c3nc4ccc([N+](=O)[O-])cc4s3)CC2)cc1. The van der Waals surface area contributed by atoms with Crippen LogP contribution in [0.25, 0.3) is 10.2 Å². The van der Waals surface area contributed by atoms with Crippen LogP contribution in [0.4, 0.5) is 10.8 Å². The van der Waals surface area contributed by atoms with Crippen molar-refractivity contribution in [3.8, 4) is 5.75 Å². The van der Waals surface area contributed by atoms with Gasteiger partial charge < -0.3 is 14.5 Å². The van der Waals surface area contributed by atoms with E-state index in [9.17, 15) is 14.9 Å². The summed E-state index contributed by atoms with van der Waals surface area (Å²) >= 11 is 1.45. The lowest BCUT2D eigenvalue weighted by atomic mass is 10.1. The lowest BCUT2D eigenvalue weighted by Gasteiger charge is -2.34. The Labute approximate surface area is 177 Å². The molecule has 1 aliphatic rings. The Hall–Kier alpha value is -3.20. The maximum atomic E-state index is 12.7. The first-order chi connectivity index (χ1) is 14.5. The monoisotopic (exact) mass is 426 g/mol. The van der Waals surface area contributed by atoms with Crippen molar-refractivity contribution in [2.24, 2.45) is 0 Å². The molecule has 2 aromatic carbocycles. The number of piperazine rings is 1. The molecule has 0 bridgehead atoms. The molecule has 0 saturated carbocycles. The number of nitro groups is 1. The minimum Gasteiger partial charge on any atom is -0.494 e. The maximum absolute atomic E-state index is 12.7. The number of ether oxygens (including phenoxy) is 1. The van der Waals surface area contributed by atoms with Gasteiger partial charge in [-0.05, 0) is 30.7 Å². The summed E-state index contributed by atoms with van der Waals surface area (Å²) in [6, 6.07) is 12.4. The van der Waals surface area contributed by atoms with Crippen molar-refractivity contribution in [3.63, 3.8) is 0 Å². The van der Waals surface area contributed by atoms with Gasteiger partial charge in [-0.15, -0.1) is 0 Å². The number of carbonyl (C=O) groups is 1. The predicted molar refractivity (Wildman–Crippen MR) is 116 cm³/mol. The number of anilines is 1. The first-order valence-electron chi connectivity index (χ1n) is 9.83. The van der Waals surface area contributed by atoms with E-state index in [1.807, 2.05) is 36.1 Å². The molecular weight excluding hydrogens is 404 g/mol. The van der Waals surface area contributed by atoms with Crippen molar-refractivity contribution in [2.45, 2.75) is 13.3 Å². The summed E-state index contributed by atoms with van der Waals surface area (Å²) in [6.45, 7) is 5.20. The van der Waals surface area contributed by atoms with Gasteiger partial charge in [-0.3, -0.25) is 14.9 Å². The quantitative estimate of drug-likeness (QED) is 0.443. The molecule has 1 aliphatic heterocycles. The fourth-order valence-electron chi connectivity index (χ4n) is 3.45. The number of nitro benzene ring substituents is 1. The summed E-state index contributed by atoms with van der Waals surface area (Å²) in [6.07, 6.45) is 0.372. The van der Waals surface area contributed by atoms with Crippen LogP contribution >= 0.6 is 11.3 Å². The summed E-state index contributed by atoms with van der Waals surface area (Å²) in [4.78, 5) is 31.9. The van der Waals surface area contributed by atoms with Gasteiger partial charge in [-0.2, -0.15) is 0 Å². The van der Waals surface area contributed by atoms with Crippen LogP contribution < -0.4 is 9.64 Å². The zero-order chi connectivity index (χ0) is 21.1. The molecule has 0 radical (unpaired) electrons. The molecule has 156 valence electrons. The molecule has 0 N–H and O–H groups in total. The summed E-state index contributed by atoms with van der Waals surface area (Å²) in [5.41, 5.74) is 1.80. The predicted octanol–water partition coefficient (Wildman–Crippen LogP) is 3.49. The van der Waals surface area contributed by atoms with Crippen molar-refractivity contribution >= 4 is 38.3 Å². The molecular formula is C21H22N4O4S. The maximum Gasteiger partial charge on any atom is 0.270 e. The molecule has 30 heavy (non-hydrogen) atoms. The number of benzene rings is 2. The van der Waals surface area contributed by atoms with Crippen molar-refractivity contribution in [3.05, 3.63) is 58.1 Å². The van der Waals surface area contributed by atoms with Gasteiger partial charge in [0.2, 0.25) is 5.91 Å². The fourth-order valence-corrected chi connectivity index (χ4v) is 4.50. The van der Waals surface area contributed by atoms with Gasteiger partial charge >= 0.3 is 0 Å². The zero-order valence-electron chi connectivity index (χ0n) is 16.6. The molecule has 0 atom stereocenters. The second-order valence-corrected chi connectivity index (χ2v) is 8.04. The summed E-state index contributed by atoms with van der Waals surface area (Å²) in [5.74, 6) is 0.919. The Bertz CT molecular complexity index is 1060. The van der Waals surface area contributed by atoms with Crippen LogP contribution in [0.15, 0.2) is 42.5 Å². The van der Waals surface area contributed by atoms with Crippen LogP contribution in [0.5, 0.6) is 5.75 Å². The summed E-state index contributed by atoms with van der Waals surface area (Å²) < 4.78 is 6.24. The Morgan fingerprint density at radius 2 is 1.90 bits per heavy atom. The first kappa shape index (κ1) is 20.1. The molecule has 1 aromatic heterocycles. The van der Waals surface area contributed by atoms with Crippen LogP contribution in [0.1, 0.15) is 12.5 Å². The minimum atomic E-state index is -0.395. The van der Waals surface area contributed by atoms with Gasteiger partial charge in [-0.1, -0.05) is 23.5 Å². The number of thiazole rings is 1. The van der Waals surface area contributed by atoms with E-state index in [-0.39, 0.29) is 11.6 Å². The summed E-state index contributed by atoms with van der Waals surface area (Å²) in [5, 5.41) is 11.8. The number of rotatable bonds is 6. The second-order valence-electron chi connectivity index (χ2n) is 7.03. The van der Waals surface area contributed by atoms with E-state index >= 15 is 0 Å². The van der Waals surface area contributed by atoms with Crippen molar-refractivity contribution in [2.75, 3.05) is 37.7 Å². The van der Waals surface area contributed by atoms with Gasteiger partial charge in [-0.25, -0.2) is 4.98 Å². The smallest absolute Gasteiger partial charge is 0.270 e. The number of non-ortho nitro benzene ring substituents is 1. The molecule has 4 rings (SSSR count). The number of hydrogen-bond acceptors (Lipinski definition) is 7. The Morgan fingerprint density at radius 1 is 1.17 bits per heavy atom. The average Bonchev–Trinajstić information content (AvgIpc) is 3.19. The highest BCUT2D eigenvalue weighted by Crippen LogP contribution is 2.31. The third-order valence-corrected chi connectivity index (χ3v) is 6.14. The second kappa shape index (κ2) is 8.66. The van der Waals surface area contributed by atoms with Gasteiger partial charge in [0.15, 0.2) is 5.13 Å². The lowest BCUT2D eigenvalue weighted by molar-refractivity contribution is -0.384. The highest BCUT2D eigenvalue weighted by atomic mass is 32.1. The number of hydrogen-bond donors (Lipinski definition) is 0. The van der Waals surface area contributed by atoms with Gasteiger partial charge in [0, 0.05) is 38.3 Å². The Morgan fingerprint density at radius 3 is 2.57 bits per heavy atom. The zero-order valence-corrected chi connectivity index (χ0v) is 17.4. The Kier molecular flexibility index (Phi) is 5.80. The third-order valence-electron chi connectivity index (χ3n) is 5.06. The number of carbonyl (C=O) groups excluding carboxylic acids is 1. The van der Waals surface area contributed by atoms with Crippen LogP contribution in [0.2, 0.25) is 0 Å². The van der Waals surface area contributed by atoms with E-state index in [0.717, 1.165) is 26.7 Å². The van der Waals surface area contributed by atoms with E-state index in [4.69, 9.17) is 4.74 Å². The van der Waals surface area contributed by atoms with Crippen LogP contribution in [-0.4, -0.2) is 53.5 Å². The molecule has 3 aromatic rings. The highest BCUT2D eigenvalue weighted by Gasteiger charge is 2.23. The Balaban J connectivity index is 1.35. The van der Waals surface area contributed by atoms with Gasteiger partial charge in [0.1, 0.15) is 5.75 Å². The van der Waals surface area contributed by atoms with Crippen LogP contribution in [0.3, 0.4) is 0 Å². The average molecular weight is 426 g/mol. The number of nitrogens with zero attached hydrogens (tertiary/aromatic N) is 4. The fraction of sp³-hybridized carbons (Fsp3) is 0.333. The molecule has 1 saturated heterocycles. The minimum absolute atomic E-state index is 0.0717. The van der Waals surface area contributed by atoms with E-state index in [0.29, 0.717) is 39.2 Å². The molecule has 1 amide bonds. The van der Waals surface area contributed by atoms with Crippen molar-refractivity contribution in [1.29, 1.82) is 0 Å². The molecule has 2 heterocycles. The van der Waals surface area contributed by atoms with Gasteiger partial charge in [0.05, 0.1) is 28.2 Å². The van der Waals surface area contributed by atoms with Gasteiger partial charge in [0.25, 0.3) is 5.69 Å². The standard InChI is InChI=1S/C21H22N4O4S/c1-2-29-17-6-3-15(4-7-17)13-20(26)23-9-11-24(12-10-23)21-22-18-8-5-16(25(27)28)14-19(18)30-21/h3-8,14H,2,9-13H2,1H3. The van der Waals surface area contributed by atoms with Crippen LogP contribution in [-0.2, 0) is 11.2 Å². The number of aromatic nitrogens is 1. The molecule has 9 heteroatoms. The van der Waals surface area contributed by atoms with Crippen LogP contribution in [0, 0.1) is 10.1 Å². The van der Waals surface area contributed by atoms with E-state index in [1.165, 1.54) is 17.4 Å². The van der Waals surface area contributed by atoms with Crippen molar-refractivity contribution < 1.29 is 14.5 Å². The number of fused-ring (bicyclic) bond motifs is 1. The molecule has 0 spiro atoms. The molecule has 1 fully saturated rings. The van der Waals surface area contributed by atoms with Crippen molar-refractivity contribution in [1.82, 2.24) is 9.88 Å². The van der Waals surface area contributed by atoms with E-state index in [1.54, 1.807) is 12.1 Å². The van der Waals surface area contributed by atoms with E-state index in [2.05, 4.69) is 9.88 Å².